The van der Waals surface area contributed by atoms with Crippen molar-refractivity contribution in [3.63, 3.8) is 0 Å². The SMILES string of the molecule is C[C@@H]1CCN(C#N)[C@H]1C(=O)N(c1ccc(S(F)(F)(F)(F)F)cc1)C(C(=O)NC1CCC(F)(F)CC1)c1cncc(F)c1. The van der Waals surface area contributed by atoms with Crippen LogP contribution in [0.1, 0.15) is 50.6 Å². The van der Waals surface area contributed by atoms with Gasteiger partial charge in [-0.2, -0.15) is 5.26 Å². The summed E-state index contributed by atoms with van der Waals surface area (Å²) in [7, 11) is -10.1. The van der Waals surface area contributed by atoms with Gasteiger partial charge in [0.1, 0.15) is 22.8 Å². The lowest BCUT2D eigenvalue weighted by Gasteiger charge is -2.41. The van der Waals surface area contributed by atoms with E-state index in [2.05, 4.69) is 10.3 Å². The maximum atomic E-state index is 14.3. The lowest BCUT2D eigenvalue weighted by molar-refractivity contribution is -0.129. The van der Waals surface area contributed by atoms with Crippen LogP contribution in [0, 0.1) is 23.2 Å². The number of hydrogen-bond acceptors (Lipinski definition) is 5. The number of pyridine rings is 1. The van der Waals surface area contributed by atoms with Gasteiger partial charge in [-0.05, 0) is 55.5 Å². The van der Waals surface area contributed by atoms with Crippen molar-refractivity contribution in [2.75, 3.05) is 11.4 Å². The largest absolute Gasteiger partial charge is 0.351 e. The molecule has 3 atom stereocenters. The maximum Gasteiger partial charge on any atom is 0.310 e. The van der Waals surface area contributed by atoms with E-state index < -0.39 is 81.2 Å². The van der Waals surface area contributed by atoms with Crippen molar-refractivity contribution < 1.29 is 42.2 Å². The van der Waals surface area contributed by atoms with Gasteiger partial charge in [0.15, 0.2) is 6.19 Å². The van der Waals surface area contributed by atoms with Crippen LogP contribution in [0.15, 0.2) is 47.6 Å². The number of nitrogens with zero attached hydrogens (tertiary/aromatic N) is 4. The zero-order valence-corrected chi connectivity index (χ0v) is 22.9. The highest BCUT2D eigenvalue weighted by Gasteiger charge is 2.65. The molecule has 2 aromatic rings. The smallest absolute Gasteiger partial charge is 0.310 e. The Morgan fingerprint density at radius 2 is 1.71 bits per heavy atom. The van der Waals surface area contributed by atoms with Crippen LogP contribution in [0.25, 0.3) is 0 Å². The number of nitriles is 1. The molecule has 0 bridgehead atoms. The third-order valence-corrected chi connectivity index (χ3v) is 8.65. The normalized spacial score (nSPS) is 23.3. The molecular formula is C26H27F8N5O2S. The highest BCUT2D eigenvalue weighted by atomic mass is 32.5. The number of hydrogen-bond donors (Lipinski definition) is 1. The number of rotatable bonds is 7. The Bertz CT molecular complexity index is 1390. The molecule has 2 heterocycles. The first-order valence-electron chi connectivity index (χ1n) is 12.9. The average Bonchev–Trinajstić information content (AvgIpc) is 3.27. The number of benzene rings is 1. The second-order valence-electron chi connectivity index (χ2n) is 10.7. The van der Waals surface area contributed by atoms with Gasteiger partial charge >= 0.3 is 10.2 Å². The van der Waals surface area contributed by atoms with E-state index >= 15 is 0 Å². The van der Waals surface area contributed by atoms with E-state index in [4.69, 9.17) is 0 Å². The minimum Gasteiger partial charge on any atom is -0.351 e. The number of amides is 2. The molecule has 7 nitrogen and oxygen atoms in total. The van der Waals surface area contributed by atoms with E-state index in [0.717, 1.165) is 28.3 Å². The highest BCUT2D eigenvalue weighted by molar-refractivity contribution is 8.45. The summed E-state index contributed by atoms with van der Waals surface area (Å²) in [6.07, 6.45) is 2.76. The molecule has 2 fully saturated rings. The van der Waals surface area contributed by atoms with E-state index in [1.807, 2.05) is 6.19 Å². The predicted molar refractivity (Wildman–Crippen MR) is 137 cm³/mol. The molecule has 1 aromatic heterocycles. The first kappa shape index (κ1) is 31.3. The number of anilines is 1. The fourth-order valence-electron chi connectivity index (χ4n) is 5.31. The number of carbonyl (C=O) groups excluding carboxylic acids is 2. The van der Waals surface area contributed by atoms with Gasteiger partial charge in [-0.1, -0.05) is 26.4 Å². The molecule has 1 aliphatic heterocycles. The molecule has 2 amide bonds. The average molecular weight is 626 g/mol. The summed E-state index contributed by atoms with van der Waals surface area (Å²) >= 11 is 0. The predicted octanol–water partition coefficient (Wildman–Crippen LogP) is 6.84. The van der Waals surface area contributed by atoms with Crippen LogP contribution in [-0.4, -0.2) is 46.2 Å². The Labute approximate surface area is 236 Å². The molecule has 230 valence electrons. The number of halogens is 8. The van der Waals surface area contributed by atoms with E-state index in [-0.39, 0.29) is 37.1 Å². The Balaban J connectivity index is 1.83. The molecule has 1 saturated carbocycles. The Morgan fingerprint density at radius 3 is 2.26 bits per heavy atom. The van der Waals surface area contributed by atoms with Crippen molar-refractivity contribution in [3.05, 3.63) is 54.1 Å². The van der Waals surface area contributed by atoms with Gasteiger partial charge in [-0.15, -0.1) is 0 Å². The van der Waals surface area contributed by atoms with Gasteiger partial charge in [0, 0.05) is 42.9 Å². The topological polar surface area (TPSA) is 89.3 Å². The summed E-state index contributed by atoms with van der Waals surface area (Å²) in [5.74, 6) is -6.27. The molecule has 0 spiro atoms. The van der Waals surface area contributed by atoms with E-state index in [1.165, 1.54) is 0 Å². The lowest BCUT2D eigenvalue weighted by atomic mass is 9.91. The molecule has 42 heavy (non-hydrogen) atoms. The number of nitrogens with one attached hydrogen (secondary N) is 1. The van der Waals surface area contributed by atoms with Crippen molar-refractivity contribution in [2.45, 2.75) is 68.0 Å². The molecule has 16 heteroatoms. The standard InChI is InChI=1S/C26H27F8N5O2S/c1-16-8-11-38(15-35)22(16)25(41)39(20-2-4-21(5-3-20)42(30,31,32,33)34)23(17-12-18(27)14-36-13-17)24(40)37-19-6-9-26(28,29)10-7-19/h2-5,12-14,16,19,22-23H,6-11H2,1H3,(H,37,40)/t16-,22-,23?/m1/s1. The van der Waals surface area contributed by atoms with Crippen LogP contribution < -0.4 is 10.2 Å². The second kappa shape index (κ2) is 10.3. The van der Waals surface area contributed by atoms with Gasteiger partial charge in [-0.3, -0.25) is 24.4 Å². The molecular weight excluding hydrogens is 598 g/mol. The van der Waals surface area contributed by atoms with E-state index in [9.17, 15) is 47.5 Å². The Kier molecular flexibility index (Phi) is 7.67. The monoisotopic (exact) mass is 625 g/mol. The summed E-state index contributed by atoms with van der Waals surface area (Å²) in [4.78, 5) is 31.1. The zero-order valence-electron chi connectivity index (χ0n) is 22.1. The first-order chi connectivity index (χ1) is 19.3. The van der Waals surface area contributed by atoms with Crippen molar-refractivity contribution in [3.8, 4) is 6.19 Å². The lowest BCUT2D eigenvalue weighted by Crippen LogP contribution is -2.53. The van der Waals surface area contributed by atoms with Crippen LogP contribution in [0.4, 0.5) is 38.3 Å². The van der Waals surface area contributed by atoms with Gasteiger partial charge in [0.25, 0.3) is 5.91 Å². The van der Waals surface area contributed by atoms with Crippen LogP contribution in [-0.2, 0) is 9.59 Å². The molecule has 1 N–H and O–H groups in total. The Morgan fingerprint density at radius 1 is 1.10 bits per heavy atom. The first-order valence-corrected chi connectivity index (χ1v) is 14.9. The van der Waals surface area contributed by atoms with Gasteiger partial charge in [0.05, 0.1) is 6.20 Å². The molecule has 1 saturated heterocycles. The quantitative estimate of drug-likeness (QED) is 0.269. The van der Waals surface area contributed by atoms with Crippen molar-refractivity contribution in [1.82, 2.24) is 15.2 Å². The number of aromatic nitrogens is 1. The van der Waals surface area contributed by atoms with E-state index in [0.29, 0.717) is 18.6 Å². The highest BCUT2D eigenvalue weighted by Crippen LogP contribution is 3.02. The molecule has 2 aliphatic rings. The van der Waals surface area contributed by atoms with Gasteiger partial charge < -0.3 is 5.32 Å². The summed E-state index contributed by atoms with van der Waals surface area (Å²) in [6, 6.07) is -1.63. The molecule has 1 unspecified atom stereocenters. The van der Waals surface area contributed by atoms with Gasteiger partial charge in [0.2, 0.25) is 11.8 Å². The van der Waals surface area contributed by atoms with Crippen molar-refractivity contribution in [1.29, 1.82) is 5.26 Å². The molecule has 1 aromatic carbocycles. The third-order valence-electron chi connectivity index (χ3n) is 7.49. The fourth-order valence-corrected chi connectivity index (χ4v) is 5.96. The minimum absolute atomic E-state index is 0.0688. The summed E-state index contributed by atoms with van der Waals surface area (Å²) < 4.78 is 109. The molecule has 4 rings (SSSR count). The summed E-state index contributed by atoms with van der Waals surface area (Å²) in [6.45, 7) is 1.79. The van der Waals surface area contributed by atoms with Crippen LogP contribution >= 0.6 is 10.2 Å². The molecule has 0 radical (unpaired) electrons. The molecule has 1 aliphatic carbocycles. The summed E-state index contributed by atoms with van der Waals surface area (Å²) in [5, 5.41) is 12.2. The third kappa shape index (κ3) is 6.88. The fraction of sp³-hybridized carbons (Fsp3) is 0.462. The second-order valence-corrected chi connectivity index (χ2v) is 13.1. The van der Waals surface area contributed by atoms with Crippen molar-refractivity contribution >= 4 is 27.7 Å². The summed E-state index contributed by atoms with van der Waals surface area (Å²) in [5.41, 5.74) is -0.657. The van der Waals surface area contributed by atoms with Crippen molar-refractivity contribution in [2.24, 2.45) is 5.92 Å². The minimum atomic E-state index is -10.1. The number of alkyl halides is 2. The number of carbonyl (C=O) groups is 2. The van der Waals surface area contributed by atoms with Crippen LogP contribution in [0.2, 0.25) is 0 Å². The Hall–Kier alpha value is -3.61. The van der Waals surface area contributed by atoms with Crippen LogP contribution in [0.3, 0.4) is 0 Å². The van der Waals surface area contributed by atoms with Crippen LogP contribution in [0.5, 0.6) is 0 Å². The number of likely N-dealkylation sites (tertiary alicyclic amines) is 1. The zero-order chi connectivity index (χ0) is 31.2. The maximum absolute atomic E-state index is 14.3. The van der Waals surface area contributed by atoms with Gasteiger partial charge in [-0.25, -0.2) is 13.2 Å². The van der Waals surface area contributed by atoms with E-state index in [1.54, 1.807) is 6.92 Å².